The number of hydrogen-bond donors (Lipinski definition) is 1. The summed E-state index contributed by atoms with van der Waals surface area (Å²) in [5, 5.41) is 3.86. The highest BCUT2D eigenvalue weighted by Crippen LogP contribution is 2.32. The predicted octanol–water partition coefficient (Wildman–Crippen LogP) is 2.71. The van der Waals surface area contributed by atoms with Crippen LogP contribution in [0.15, 0.2) is 30.5 Å². The number of benzene rings is 1. The summed E-state index contributed by atoms with van der Waals surface area (Å²) in [6, 6.07) is 5.16. The number of halogens is 3. The van der Waals surface area contributed by atoms with E-state index in [-0.39, 0.29) is 30.1 Å². The molecule has 0 aliphatic carbocycles. The Kier molecular flexibility index (Phi) is 4.39. The molecule has 0 saturated heterocycles. The van der Waals surface area contributed by atoms with Crippen molar-refractivity contribution in [3.05, 3.63) is 47.2 Å². The van der Waals surface area contributed by atoms with E-state index in [0.717, 1.165) is 6.07 Å². The molecular weight excluding hydrogens is 299 g/mol. The van der Waals surface area contributed by atoms with Crippen LogP contribution in [0, 0.1) is 0 Å². The molecule has 0 fully saturated rings. The van der Waals surface area contributed by atoms with E-state index in [9.17, 15) is 18.0 Å². The van der Waals surface area contributed by atoms with Crippen LogP contribution in [0.2, 0.25) is 0 Å². The quantitative estimate of drug-likeness (QED) is 0.881. The normalized spacial score (nSPS) is 11.5. The smallest absolute Gasteiger partial charge is 0.416 e. The number of esters is 1. The molecule has 118 valence electrons. The van der Waals surface area contributed by atoms with Gasteiger partial charge >= 0.3 is 12.1 Å². The van der Waals surface area contributed by atoms with Gasteiger partial charge in [-0.2, -0.15) is 18.3 Å². The van der Waals surface area contributed by atoms with E-state index in [1.165, 1.54) is 29.1 Å². The molecule has 0 bridgehead atoms. The lowest BCUT2D eigenvalue weighted by Gasteiger charge is -2.12. The number of rotatable bonds is 4. The maximum Gasteiger partial charge on any atom is 0.416 e. The summed E-state index contributed by atoms with van der Waals surface area (Å²) in [5.74, 6) is -0.738. The van der Waals surface area contributed by atoms with Crippen molar-refractivity contribution in [2.75, 3.05) is 12.3 Å². The Morgan fingerprint density at radius 2 is 2.05 bits per heavy atom. The highest BCUT2D eigenvalue weighted by atomic mass is 19.4. The van der Waals surface area contributed by atoms with Crippen LogP contribution in [0.25, 0.3) is 0 Å². The molecule has 8 heteroatoms. The molecule has 0 radical (unpaired) electrons. The number of carbonyl (C=O) groups excluding carboxylic acids is 1. The number of carbonyl (C=O) groups is 1. The number of hydrogen-bond acceptors (Lipinski definition) is 4. The number of nitrogens with two attached hydrogens (primary N) is 1. The Bertz CT molecular complexity index is 680. The van der Waals surface area contributed by atoms with Gasteiger partial charge in [0, 0.05) is 6.20 Å². The largest absolute Gasteiger partial charge is 0.462 e. The fraction of sp³-hybridized carbons (Fsp3) is 0.286. The van der Waals surface area contributed by atoms with E-state index < -0.39 is 17.7 Å². The lowest BCUT2D eigenvalue weighted by molar-refractivity contribution is -0.138. The molecule has 0 aliphatic rings. The van der Waals surface area contributed by atoms with Crippen molar-refractivity contribution in [3.63, 3.8) is 0 Å². The highest BCUT2D eigenvalue weighted by Gasteiger charge is 2.33. The second-order valence-corrected chi connectivity index (χ2v) is 4.50. The summed E-state index contributed by atoms with van der Waals surface area (Å²) in [4.78, 5) is 11.6. The molecule has 2 N–H and O–H groups in total. The minimum atomic E-state index is -4.46. The number of ether oxygens (including phenoxy) is 1. The average molecular weight is 313 g/mol. The van der Waals surface area contributed by atoms with Crippen molar-refractivity contribution in [1.82, 2.24) is 9.78 Å². The molecule has 1 heterocycles. The predicted molar refractivity (Wildman–Crippen MR) is 73.1 cm³/mol. The van der Waals surface area contributed by atoms with E-state index in [2.05, 4.69) is 5.10 Å². The van der Waals surface area contributed by atoms with Crippen molar-refractivity contribution < 1.29 is 22.7 Å². The number of anilines is 1. The monoisotopic (exact) mass is 313 g/mol. The van der Waals surface area contributed by atoms with Gasteiger partial charge in [0.2, 0.25) is 0 Å². The molecule has 2 rings (SSSR count). The van der Waals surface area contributed by atoms with Crippen molar-refractivity contribution >= 4 is 11.8 Å². The zero-order valence-corrected chi connectivity index (χ0v) is 11.7. The SMILES string of the molecule is CCOC(=O)c1cn(Cc2ccccc2C(F)(F)F)nc1N. The maximum absolute atomic E-state index is 12.9. The Balaban J connectivity index is 2.29. The summed E-state index contributed by atoms with van der Waals surface area (Å²) in [6.45, 7) is 1.65. The van der Waals surface area contributed by atoms with E-state index in [1.54, 1.807) is 6.92 Å². The van der Waals surface area contributed by atoms with Gasteiger partial charge in [-0.1, -0.05) is 18.2 Å². The van der Waals surface area contributed by atoms with Crippen molar-refractivity contribution in [1.29, 1.82) is 0 Å². The molecular formula is C14H14F3N3O2. The van der Waals surface area contributed by atoms with E-state index in [4.69, 9.17) is 10.5 Å². The summed E-state index contributed by atoms with van der Waals surface area (Å²) in [7, 11) is 0. The number of nitrogen functional groups attached to an aromatic ring is 1. The second-order valence-electron chi connectivity index (χ2n) is 4.50. The summed E-state index contributed by atoms with van der Waals surface area (Å²) in [5.41, 5.74) is 4.92. The lowest BCUT2D eigenvalue weighted by Crippen LogP contribution is -2.12. The minimum absolute atomic E-state index is 0.0336. The van der Waals surface area contributed by atoms with Crippen LogP contribution >= 0.6 is 0 Å². The molecule has 0 unspecified atom stereocenters. The third kappa shape index (κ3) is 3.38. The molecule has 1 aromatic carbocycles. The third-order valence-corrected chi connectivity index (χ3v) is 2.94. The molecule has 1 aromatic heterocycles. The first-order chi connectivity index (χ1) is 10.3. The van der Waals surface area contributed by atoms with Gasteiger partial charge in [0.05, 0.1) is 18.7 Å². The first-order valence-electron chi connectivity index (χ1n) is 6.48. The Labute approximate surface area is 124 Å². The number of nitrogens with zero attached hydrogens (tertiary/aromatic N) is 2. The van der Waals surface area contributed by atoms with Gasteiger partial charge in [0.25, 0.3) is 0 Å². The maximum atomic E-state index is 12.9. The molecule has 2 aromatic rings. The van der Waals surface area contributed by atoms with Crippen LogP contribution in [-0.4, -0.2) is 22.4 Å². The Hall–Kier alpha value is -2.51. The van der Waals surface area contributed by atoms with Gasteiger partial charge < -0.3 is 10.5 Å². The first kappa shape index (κ1) is 15.9. The lowest BCUT2D eigenvalue weighted by atomic mass is 10.1. The fourth-order valence-corrected chi connectivity index (χ4v) is 1.99. The number of alkyl halides is 3. The van der Waals surface area contributed by atoms with E-state index in [1.807, 2.05) is 0 Å². The number of aromatic nitrogens is 2. The van der Waals surface area contributed by atoms with Crippen molar-refractivity contribution in [2.45, 2.75) is 19.6 Å². The highest BCUT2D eigenvalue weighted by molar-refractivity contribution is 5.93. The minimum Gasteiger partial charge on any atom is -0.462 e. The van der Waals surface area contributed by atoms with Gasteiger partial charge in [0.1, 0.15) is 5.56 Å². The molecule has 0 amide bonds. The Morgan fingerprint density at radius 1 is 1.36 bits per heavy atom. The van der Waals surface area contributed by atoms with E-state index >= 15 is 0 Å². The van der Waals surface area contributed by atoms with Gasteiger partial charge in [0.15, 0.2) is 5.82 Å². The van der Waals surface area contributed by atoms with Gasteiger partial charge in [-0.25, -0.2) is 4.79 Å². The van der Waals surface area contributed by atoms with E-state index in [0.29, 0.717) is 0 Å². The molecule has 22 heavy (non-hydrogen) atoms. The topological polar surface area (TPSA) is 70.1 Å². The summed E-state index contributed by atoms with van der Waals surface area (Å²) >= 11 is 0. The zero-order chi connectivity index (χ0) is 16.3. The first-order valence-corrected chi connectivity index (χ1v) is 6.48. The van der Waals surface area contributed by atoms with Crippen LogP contribution in [0.5, 0.6) is 0 Å². The molecule has 0 saturated carbocycles. The van der Waals surface area contributed by atoms with Crippen LogP contribution in [-0.2, 0) is 17.5 Å². The second kappa shape index (κ2) is 6.08. The van der Waals surface area contributed by atoms with Crippen LogP contribution in [0.4, 0.5) is 19.0 Å². The van der Waals surface area contributed by atoms with Crippen LogP contribution in [0.3, 0.4) is 0 Å². The van der Waals surface area contributed by atoms with Crippen LogP contribution in [0.1, 0.15) is 28.4 Å². The molecule has 0 atom stereocenters. The molecule has 0 spiro atoms. The Morgan fingerprint density at radius 3 is 2.68 bits per heavy atom. The summed E-state index contributed by atoms with van der Waals surface area (Å²) in [6.07, 6.45) is -3.18. The molecule has 0 aliphatic heterocycles. The van der Waals surface area contributed by atoms with Crippen LogP contribution < -0.4 is 5.73 Å². The molecule has 5 nitrogen and oxygen atoms in total. The third-order valence-electron chi connectivity index (χ3n) is 2.94. The standard InChI is InChI=1S/C14H14F3N3O2/c1-2-22-13(21)10-8-20(19-12(10)18)7-9-5-3-4-6-11(9)14(15,16)17/h3-6,8H,2,7H2,1H3,(H2,18,19). The summed E-state index contributed by atoms with van der Waals surface area (Å²) < 4.78 is 44.8. The van der Waals surface area contributed by atoms with Crippen molar-refractivity contribution in [3.8, 4) is 0 Å². The van der Waals surface area contributed by atoms with Crippen molar-refractivity contribution in [2.24, 2.45) is 0 Å². The average Bonchev–Trinajstić information content (AvgIpc) is 2.79. The van der Waals surface area contributed by atoms with Gasteiger partial charge in [-0.3, -0.25) is 4.68 Å². The fourth-order valence-electron chi connectivity index (χ4n) is 1.99. The van der Waals surface area contributed by atoms with Gasteiger partial charge in [-0.15, -0.1) is 0 Å². The van der Waals surface area contributed by atoms with Gasteiger partial charge in [-0.05, 0) is 18.6 Å². The zero-order valence-electron chi connectivity index (χ0n) is 11.7.